The van der Waals surface area contributed by atoms with Crippen molar-refractivity contribution in [2.24, 2.45) is 0 Å². The summed E-state index contributed by atoms with van der Waals surface area (Å²) in [5.74, 6) is -0.268. The minimum Gasteiger partial charge on any atom is -0.309 e. The summed E-state index contributed by atoms with van der Waals surface area (Å²) >= 11 is 7.17. The van der Waals surface area contributed by atoms with E-state index in [1.165, 1.54) is 17.6 Å². The van der Waals surface area contributed by atoms with Gasteiger partial charge in [0, 0.05) is 11.1 Å². The first-order chi connectivity index (χ1) is 9.65. The molecule has 0 saturated carbocycles. The molecular formula is C14H17ClFN3S. The van der Waals surface area contributed by atoms with E-state index in [0.717, 1.165) is 23.5 Å². The van der Waals surface area contributed by atoms with Crippen molar-refractivity contribution in [3.8, 4) is 0 Å². The van der Waals surface area contributed by atoms with Gasteiger partial charge in [0.2, 0.25) is 0 Å². The SMILES string of the molecule is CCNC(Cc1ccc(Cl)cc1F)c1snnc1CC. The predicted octanol–water partition coefficient (Wildman–Crippen LogP) is 3.79. The Kier molecular flexibility index (Phi) is 5.46. The van der Waals surface area contributed by atoms with Crippen LogP contribution in [0.1, 0.15) is 36.0 Å². The monoisotopic (exact) mass is 313 g/mol. The average molecular weight is 314 g/mol. The molecule has 0 aliphatic heterocycles. The van der Waals surface area contributed by atoms with Crippen molar-refractivity contribution in [2.75, 3.05) is 6.54 Å². The molecule has 1 aromatic carbocycles. The second kappa shape index (κ2) is 7.11. The minimum atomic E-state index is -0.268. The number of nitrogens with zero attached hydrogens (tertiary/aromatic N) is 2. The zero-order chi connectivity index (χ0) is 14.5. The standard InChI is InChI=1S/C14H17ClFN3S/c1-3-12-14(20-19-18-12)13(17-4-2)7-9-5-6-10(15)8-11(9)16/h5-6,8,13,17H,3-4,7H2,1-2H3. The molecule has 1 unspecified atom stereocenters. The van der Waals surface area contributed by atoms with E-state index in [0.29, 0.717) is 17.0 Å². The number of aryl methyl sites for hydroxylation is 1. The van der Waals surface area contributed by atoms with Crippen LogP contribution in [0.2, 0.25) is 5.02 Å². The number of hydrogen-bond donors (Lipinski definition) is 1. The molecule has 6 heteroatoms. The molecule has 1 atom stereocenters. The van der Waals surface area contributed by atoms with Gasteiger partial charge in [-0.25, -0.2) is 4.39 Å². The summed E-state index contributed by atoms with van der Waals surface area (Å²) in [5.41, 5.74) is 1.63. The maximum atomic E-state index is 13.9. The number of halogens is 2. The quantitative estimate of drug-likeness (QED) is 0.881. The summed E-state index contributed by atoms with van der Waals surface area (Å²) in [6.07, 6.45) is 1.39. The lowest BCUT2D eigenvalue weighted by atomic mass is 10.0. The van der Waals surface area contributed by atoms with Crippen LogP contribution in [-0.2, 0) is 12.8 Å². The Labute approximate surface area is 127 Å². The molecule has 1 N–H and O–H groups in total. The van der Waals surface area contributed by atoms with Crippen molar-refractivity contribution in [1.29, 1.82) is 0 Å². The third-order valence-electron chi connectivity index (χ3n) is 3.13. The number of aromatic nitrogens is 2. The Balaban J connectivity index is 2.25. The summed E-state index contributed by atoms with van der Waals surface area (Å²) in [6, 6.07) is 4.84. The topological polar surface area (TPSA) is 37.8 Å². The molecule has 0 aliphatic rings. The Bertz CT molecular complexity index is 573. The lowest BCUT2D eigenvalue weighted by Gasteiger charge is -2.17. The number of likely N-dealkylation sites (N-methyl/N-ethyl adjacent to an activating group) is 1. The molecule has 2 rings (SSSR count). The van der Waals surface area contributed by atoms with Crippen LogP contribution in [-0.4, -0.2) is 16.1 Å². The van der Waals surface area contributed by atoms with Gasteiger partial charge in [-0.3, -0.25) is 0 Å². The van der Waals surface area contributed by atoms with Gasteiger partial charge in [0.25, 0.3) is 0 Å². The van der Waals surface area contributed by atoms with E-state index in [2.05, 4.69) is 14.9 Å². The van der Waals surface area contributed by atoms with Gasteiger partial charge in [-0.2, -0.15) is 0 Å². The first-order valence-electron chi connectivity index (χ1n) is 6.64. The molecule has 0 radical (unpaired) electrons. The molecule has 0 amide bonds. The van der Waals surface area contributed by atoms with Crippen molar-refractivity contribution in [3.05, 3.63) is 45.2 Å². The first-order valence-corrected chi connectivity index (χ1v) is 7.79. The Morgan fingerprint density at radius 2 is 2.20 bits per heavy atom. The minimum absolute atomic E-state index is 0.0330. The molecule has 0 spiro atoms. The summed E-state index contributed by atoms with van der Waals surface area (Å²) in [4.78, 5) is 1.09. The van der Waals surface area contributed by atoms with E-state index in [9.17, 15) is 4.39 Å². The average Bonchev–Trinajstić information content (AvgIpc) is 2.89. The molecule has 0 saturated heterocycles. The third-order valence-corrected chi connectivity index (χ3v) is 4.24. The number of rotatable bonds is 6. The molecule has 0 fully saturated rings. The zero-order valence-corrected chi connectivity index (χ0v) is 13.1. The van der Waals surface area contributed by atoms with Crippen molar-refractivity contribution in [3.63, 3.8) is 0 Å². The van der Waals surface area contributed by atoms with E-state index in [1.807, 2.05) is 13.8 Å². The summed E-state index contributed by atoms with van der Waals surface area (Å²) in [6.45, 7) is 4.89. The smallest absolute Gasteiger partial charge is 0.127 e. The molecule has 2 aromatic rings. The van der Waals surface area contributed by atoms with Gasteiger partial charge in [0.1, 0.15) is 5.82 Å². The molecule has 1 aromatic heterocycles. The van der Waals surface area contributed by atoms with Crippen molar-refractivity contribution >= 4 is 23.1 Å². The van der Waals surface area contributed by atoms with Gasteiger partial charge in [0.15, 0.2) is 0 Å². The fourth-order valence-corrected chi connectivity index (χ4v) is 3.11. The lowest BCUT2D eigenvalue weighted by molar-refractivity contribution is 0.530. The second-order valence-corrected chi connectivity index (χ2v) is 5.71. The van der Waals surface area contributed by atoms with Gasteiger partial charge < -0.3 is 5.32 Å². The highest BCUT2D eigenvalue weighted by atomic mass is 35.5. The van der Waals surface area contributed by atoms with Crippen LogP contribution in [0, 0.1) is 5.82 Å². The summed E-state index contributed by atoms with van der Waals surface area (Å²) in [7, 11) is 0. The molecule has 0 bridgehead atoms. The zero-order valence-electron chi connectivity index (χ0n) is 11.5. The highest BCUT2D eigenvalue weighted by Gasteiger charge is 2.19. The fourth-order valence-electron chi connectivity index (χ4n) is 2.14. The maximum Gasteiger partial charge on any atom is 0.127 e. The van der Waals surface area contributed by atoms with Gasteiger partial charge in [-0.1, -0.05) is 36.0 Å². The lowest BCUT2D eigenvalue weighted by Crippen LogP contribution is -2.23. The van der Waals surface area contributed by atoms with Crippen molar-refractivity contribution < 1.29 is 4.39 Å². The van der Waals surface area contributed by atoms with Gasteiger partial charge in [-0.05, 0) is 48.6 Å². The highest BCUT2D eigenvalue weighted by Crippen LogP contribution is 2.26. The maximum absolute atomic E-state index is 13.9. The largest absolute Gasteiger partial charge is 0.309 e. The van der Waals surface area contributed by atoms with Crippen LogP contribution in [0.15, 0.2) is 18.2 Å². The summed E-state index contributed by atoms with van der Waals surface area (Å²) in [5, 5.41) is 7.93. The van der Waals surface area contributed by atoms with Crippen LogP contribution < -0.4 is 5.32 Å². The van der Waals surface area contributed by atoms with E-state index in [-0.39, 0.29) is 11.9 Å². The van der Waals surface area contributed by atoms with Crippen LogP contribution in [0.25, 0.3) is 0 Å². The fraction of sp³-hybridized carbons (Fsp3) is 0.429. The molecule has 108 valence electrons. The number of benzene rings is 1. The molecule has 0 aliphatic carbocycles. The molecule has 3 nitrogen and oxygen atoms in total. The van der Waals surface area contributed by atoms with E-state index >= 15 is 0 Å². The van der Waals surface area contributed by atoms with E-state index in [4.69, 9.17) is 11.6 Å². The van der Waals surface area contributed by atoms with Crippen LogP contribution in [0.4, 0.5) is 4.39 Å². The predicted molar refractivity (Wildman–Crippen MR) is 80.8 cm³/mol. The number of nitrogens with one attached hydrogen (secondary N) is 1. The first kappa shape index (κ1) is 15.4. The van der Waals surface area contributed by atoms with E-state index in [1.54, 1.807) is 12.1 Å². The normalized spacial score (nSPS) is 12.6. The highest BCUT2D eigenvalue weighted by molar-refractivity contribution is 7.05. The Morgan fingerprint density at radius 1 is 1.40 bits per heavy atom. The molecule has 1 heterocycles. The van der Waals surface area contributed by atoms with Crippen molar-refractivity contribution in [2.45, 2.75) is 32.7 Å². The van der Waals surface area contributed by atoms with Gasteiger partial charge in [0.05, 0.1) is 10.6 Å². The van der Waals surface area contributed by atoms with Gasteiger partial charge in [-0.15, -0.1) is 5.10 Å². The Morgan fingerprint density at radius 3 is 2.85 bits per heavy atom. The Hall–Kier alpha value is -1.04. The van der Waals surface area contributed by atoms with Crippen LogP contribution in [0.3, 0.4) is 0 Å². The third kappa shape index (κ3) is 3.53. The van der Waals surface area contributed by atoms with Crippen molar-refractivity contribution in [1.82, 2.24) is 14.9 Å². The second-order valence-electron chi connectivity index (χ2n) is 4.49. The van der Waals surface area contributed by atoms with Crippen LogP contribution >= 0.6 is 23.1 Å². The molecular weight excluding hydrogens is 297 g/mol. The van der Waals surface area contributed by atoms with Crippen LogP contribution in [0.5, 0.6) is 0 Å². The number of hydrogen-bond acceptors (Lipinski definition) is 4. The summed E-state index contributed by atoms with van der Waals surface area (Å²) < 4.78 is 17.9. The van der Waals surface area contributed by atoms with Gasteiger partial charge >= 0.3 is 0 Å². The molecule has 20 heavy (non-hydrogen) atoms. The van der Waals surface area contributed by atoms with E-state index < -0.39 is 0 Å².